The minimum absolute atomic E-state index is 0.289. The molecule has 1 heterocycles. The molecule has 0 amide bonds. The quantitative estimate of drug-likeness (QED) is 0.502. The average molecular weight is 452 g/mol. The van der Waals surface area contributed by atoms with Crippen LogP contribution in [0.25, 0.3) is 12.2 Å². The zero-order valence-corrected chi connectivity index (χ0v) is 15.9. The number of hydrogen-bond donors (Lipinski definition) is 0. The Morgan fingerprint density at radius 2 is 1.88 bits per heavy atom. The topological polar surface area (TPSA) is 38.9 Å². The maximum atomic E-state index is 13.1. The smallest absolute Gasteiger partial charge is 0.240 e. The van der Waals surface area contributed by atoms with E-state index in [1.54, 1.807) is 18.2 Å². The fraction of sp³-hybridized carbons (Fsp3) is 0.111. The number of aromatic nitrogens is 2. The van der Waals surface area contributed by atoms with Gasteiger partial charge in [-0.2, -0.15) is 0 Å². The Balaban J connectivity index is 1.73. The zero-order chi connectivity index (χ0) is 17.1. The first kappa shape index (κ1) is 17.0. The van der Waals surface area contributed by atoms with Crippen LogP contribution in [0.1, 0.15) is 28.5 Å². The van der Waals surface area contributed by atoms with E-state index in [0.717, 1.165) is 15.6 Å². The molecule has 0 aliphatic heterocycles. The first-order valence-electron chi connectivity index (χ1n) is 7.22. The lowest BCUT2D eigenvalue weighted by molar-refractivity contribution is 0.496. The number of aryl methyl sites for hydroxylation is 1. The summed E-state index contributed by atoms with van der Waals surface area (Å²) in [6.07, 6.45) is 4.07. The minimum Gasteiger partial charge on any atom is -0.421 e. The van der Waals surface area contributed by atoms with Crippen LogP contribution < -0.4 is 0 Å². The van der Waals surface area contributed by atoms with Crippen molar-refractivity contribution in [3.8, 4) is 0 Å². The van der Waals surface area contributed by atoms with E-state index in [2.05, 4.69) is 42.1 Å². The molecule has 3 nitrogen and oxygen atoms in total. The highest BCUT2D eigenvalue weighted by Crippen LogP contribution is 2.21. The van der Waals surface area contributed by atoms with Gasteiger partial charge in [-0.1, -0.05) is 50.1 Å². The van der Waals surface area contributed by atoms with Gasteiger partial charge in [-0.05, 0) is 47.9 Å². The van der Waals surface area contributed by atoms with Crippen LogP contribution in [0.5, 0.6) is 0 Å². The van der Waals surface area contributed by atoms with Gasteiger partial charge in [0.2, 0.25) is 11.8 Å². The predicted octanol–water partition coefficient (Wildman–Crippen LogP) is 5.80. The summed E-state index contributed by atoms with van der Waals surface area (Å²) in [5.41, 5.74) is 3.10. The highest BCUT2D eigenvalue weighted by molar-refractivity contribution is 9.10. The largest absolute Gasteiger partial charge is 0.421 e. The van der Waals surface area contributed by atoms with Crippen LogP contribution in [0.2, 0.25) is 0 Å². The lowest BCUT2D eigenvalue weighted by Crippen LogP contribution is -1.89. The SMILES string of the molecule is Cc1ccc(Cc2nnc(C=Cc3ccc(F)cc3Br)o2)cc1Br. The molecule has 0 spiro atoms. The predicted molar refractivity (Wildman–Crippen MR) is 99.0 cm³/mol. The van der Waals surface area contributed by atoms with Gasteiger partial charge in [-0.25, -0.2) is 4.39 Å². The van der Waals surface area contributed by atoms with Gasteiger partial charge in [0.15, 0.2) is 0 Å². The van der Waals surface area contributed by atoms with Crippen LogP contribution in [-0.4, -0.2) is 10.2 Å². The highest BCUT2D eigenvalue weighted by Gasteiger charge is 2.06. The Kier molecular flexibility index (Phi) is 5.26. The first-order chi connectivity index (χ1) is 11.5. The molecule has 3 rings (SSSR count). The number of rotatable bonds is 4. The summed E-state index contributed by atoms with van der Waals surface area (Å²) in [6, 6.07) is 10.6. The summed E-state index contributed by atoms with van der Waals surface area (Å²) >= 11 is 6.84. The van der Waals surface area contributed by atoms with Crippen LogP contribution in [-0.2, 0) is 6.42 Å². The molecule has 0 saturated heterocycles. The molecule has 0 saturated carbocycles. The molecule has 0 atom stereocenters. The zero-order valence-electron chi connectivity index (χ0n) is 12.8. The van der Waals surface area contributed by atoms with Gasteiger partial charge in [0, 0.05) is 15.0 Å². The van der Waals surface area contributed by atoms with E-state index in [1.807, 2.05) is 25.1 Å². The second-order valence-corrected chi connectivity index (χ2v) is 7.00. The van der Waals surface area contributed by atoms with E-state index >= 15 is 0 Å². The fourth-order valence-electron chi connectivity index (χ4n) is 2.12. The van der Waals surface area contributed by atoms with Crippen molar-refractivity contribution in [1.29, 1.82) is 0 Å². The minimum atomic E-state index is -0.289. The number of nitrogens with zero attached hydrogens (tertiary/aromatic N) is 2. The number of halogens is 3. The van der Waals surface area contributed by atoms with E-state index in [0.29, 0.717) is 22.7 Å². The third-order valence-corrected chi connectivity index (χ3v) is 4.98. The van der Waals surface area contributed by atoms with E-state index in [1.165, 1.54) is 17.7 Å². The van der Waals surface area contributed by atoms with Gasteiger partial charge in [-0.15, -0.1) is 10.2 Å². The Bertz CT molecular complexity index is 906. The van der Waals surface area contributed by atoms with Gasteiger partial charge in [0.05, 0.1) is 6.42 Å². The lowest BCUT2D eigenvalue weighted by Gasteiger charge is -2.01. The second-order valence-electron chi connectivity index (χ2n) is 5.29. The van der Waals surface area contributed by atoms with Crippen molar-refractivity contribution in [3.63, 3.8) is 0 Å². The third kappa shape index (κ3) is 4.19. The lowest BCUT2D eigenvalue weighted by atomic mass is 10.1. The molecule has 24 heavy (non-hydrogen) atoms. The van der Waals surface area contributed by atoms with Gasteiger partial charge >= 0.3 is 0 Å². The fourth-order valence-corrected chi connectivity index (χ4v) is 3.03. The monoisotopic (exact) mass is 450 g/mol. The molecule has 122 valence electrons. The van der Waals surface area contributed by atoms with E-state index in [9.17, 15) is 4.39 Å². The number of hydrogen-bond acceptors (Lipinski definition) is 3. The second kappa shape index (κ2) is 7.40. The van der Waals surface area contributed by atoms with Crippen LogP contribution >= 0.6 is 31.9 Å². The molecular weight excluding hydrogens is 439 g/mol. The van der Waals surface area contributed by atoms with Crippen LogP contribution in [0.15, 0.2) is 49.8 Å². The Hall–Kier alpha value is -1.79. The molecule has 0 fully saturated rings. The molecule has 0 N–H and O–H groups in total. The molecule has 0 unspecified atom stereocenters. The summed E-state index contributed by atoms with van der Waals surface area (Å²) in [6.45, 7) is 2.04. The Labute approximate surface area is 155 Å². The van der Waals surface area contributed by atoms with Crippen molar-refractivity contribution in [3.05, 3.63) is 79.6 Å². The molecular formula is C18H13Br2FN2O. The van der Waals surface area contributed by atoms with Crippen molar-refractivity contribution in [2.45, 2.75) is 13.3 Å². The summed E-state index contributed by atoms with van der Waals surface area (Å²) < 4.78 is 20.4. The number of benzene rings is 2. The molecule has 3 aromatic rings. The molecule has 6 heteroatoms. The van der Waals surface area contributed by atoms with Crippen molar-refractivity contribution >= 4 is 44.0 Å². The van der Waals surface area contributed by atoms with Gasteiger partial charge in [0.25, 0.3) is 0 Å². The van der Waals surface area contributed by atoms with Gasteiger partial charge < -0.3 is 4.42 Å². The third-order valence-electron chi connectivity index (χ3n) is 3.44. The first-order valence-corrected chi connectivity index (χ1v) is 8.80. The molecule has 0 aliphatic rings. The van der Waals surface area contributed by atoms with Gasteiger partial charge in [0.1, 0.15) is 5.82 Å². The summed E-state index contributed by atoms with van der Waals surface area (Å²) in [5, 5.41) is 8.07. The van der Waals surface area contributed by atoms with E-state index in [4.69, 9.17) is 4.42 Å². The van der Waals surface area contributed by atoms with Crippen molar-refractivity contribution in [2.75, 3.05) is 0 Å². The van der Waals surface area contributed by atoms with Crippen molar-refractivity contribution in [2.24, 2.45) is 0 Å². The Morgan fingerprint density at radius 3 is 2.62 bits per heavy atom. The van der Waals surface area contributed by atoms with Gasteiger partial charge in [-0.3, -0.25) is 0 Å². The maximum Gasteiger partial charge on any atom is 0.240 e. The highest BCUT2D eigenvalue weighted by atomic mass is 79.9. The Morgan fingerprint density at radius 1 is 1.04 bits per heavy atom. The van der Waals surface area contributed by atoms with Crippen LogP contribution in [0.3, 0.4) is 0 Å². The van der Waals surface area contributed by atoms with Crippen LogP contribution in [0.4, 0.5) is 4.39 Å². The molecule has 2 aromatic carbocycles. The van der Waals surface area contributed by atoms with Crippen LogP contribution in [0, 0.1) is 12.7 Å². The standard InChI is InChI=1S/C18H13Br2FN2O/c1-11-2-3-12(8-15(11)19)9-18-23-22-17(24-18)7-5-13-4-6-14(21)10-16(13)20/h2-8,10H,9H2,1H3. The molecule has 0 aliphatic carbocycles. The molecule has 0 radical (unpaired) electrons. The summed E-state index contributed by atoms with van der Waals surface area (Å²) in [7, 11) is 0. The van der Waals surface area contributed by atoms with Crippen molar-refractivity contribution < 1.29 is 8.81 Å². The van der Waals surface area contributed by atoms with E-state index < -0.39 is 0 Å². The maximum absolute atomic E-state index is 13.1. The normalized spacial score (nSPS) is 11.3. The molecule has 0 bridgehead atoms. The summed E-state index contributed by atoms with van der Waals surface area (Å²) in [4.78, 5) is 0. The summed E-state index contributed by atoms with van der Waals surface area (Å²) in [5.74, 6) is 0.666. The molecule has 1 aromatic heterocycles. The average Bonchev–Trinajstić information content (AvgIpc) is 2.98. The van der Waals surface area contributed by atoms with Crippen molar-refractivity contribution in [1.82, 2.24) is 10.2 Å². The van der Waals surface area contributed by atoms with E-state index in [-0.39, 0.29) is 5.82 Å².